The van der Waals surface area contributed by atoms with Crippen LogP contribution in [-0.2, 0) is 9.59 Å². The predicted octanol–water partition coefficient (Wildman–Crippen LogP) is 1.27. The molecule has 0 unspecified atom stereocenters. The van der Waals surface area contributed by atoms with Gasteiger partial charge in [0.05, 0.1) is 6.42 Å². The van der Waals surface area contributed by atoms with E-state index >= 15 is 0 Å². The first-order valence-electron chi connectivity index (χ1n) is 8.55. The van der Waals surface area contributed by atoms with Gasteiger partial charge in [0, 0.05) is 25.9 Å². The number of nitrogens with zero attached hydrogens (tertiary/aromatic N) is 1. The molecule has 2 saturated heterocycles. The molecule has 1 aromatic carbocycles. The topological polar surface area (TPSA) is 87.7 Å². The number of urea groups is 1. The van der Waals surface area contributed by atoms with Gasteiger partial charge in [-0.05, 0) is 31.0 Å². The van der Waals surface area contributed by atoms with E-state index in [1.165, 1.54) is 0 Å². The Bertz CT molecular complexity index is 696. The van der Waals surface area contributed by atoms with Gasteiger partial charge < -0.3 is 15.0 Å². The van der Waals surface area contributed by atoms with Crippen LogP contribution in [0.1, 0.15) is 30.4 Å². The van der Waals surface area contributed by atoms with Crippen LogP contribution in [0.2, 0.25) is 0 Å². The van der Waals surface area contributed by atoms with E-state index in [2.05, 4.69) is 16.7 Å². The smallest absolute Gasteiger partial charge is 0.322 e. The van der Waals surface area contributed by atoms with Crippen molar-refractivity contribution in [1.82, 2.24) is 15.5 Å². The van der Waals surface area contributed by atoms with Crippen LogP contribution >= 0.6 is 0 Å². The molecule has 0 aromatic heterocycles. The normalized spacial score (nSPS) is 21.0. The monoisotopic (exact) mass is 345 g/mol. The third kappa shape index (κ3) is 4.10. The van der Waals surface area contributed by atoms with Crippen molar-refractivity contribution < 1.29 is 19.1 Å². The SMILES string of the molecule is Cc1ccc(C)c(OC2CCN(C(=O)C[C@@H]3NC(=O)NC3=O)CC2)c1. The molecule has 7 nitrogen and oxygen atoms in total. The average molecular weight is 345 g/mol. The fraction of sp³-hybridized carbons (Fsp3) is 0.500. The minimum Gasteiger partial charge on any atom is -0.490 e. The first kappa shape index (κ1) is 17.3. The maximum Gasteiger partial charge on any atom is 0.322 e. The summed E-state index contributed by atoms with van der Waals surface area (Å²) in [5, 5.41) is 4.59. The quantitative estimate of drug-likeness (QED) is 0.805. The fourth-order valence-corrected chi connectivity index (χ4v) is 3.14. The lowest BCUT2D eigenvalue weighted by atomic mass is 10.1. The van der Waals surface area contributed by atoms with Crippen molar-refractivity contribution in [2.75, 3.05) is 13.1 Å². The van der Waals surface area contributed by atoms with Gasteiger partial charge >= 0.3 is 6.03 Å². The number of piperidine rings is 1. The van der Waals surface area contributed by atoms with Crippen molar-refractivity contribution in [3.05, 3.63) is 29.3 Å². The molecule has 2 fully saturated rings. The van der Waals surface area contributed by atoms with Gasteiger partial charge in [0.25, 0.3) is 5.91 Å². The number of carbonyl (C=O) groups is 3. The minimum absolute atomic E-state index is 0.0000846. The van der Waals surface area contributed by atoms with Crippen LogP contribution in [0.5, 0.6) is 5.75 Å². The van der Waals surface area contributed by atoms with Gasteiger partial charge in [-0.15, -0.1) is 0 Å². The molecule has 1 atom stereocenters. The molecule has 0 spiro atoms. The zero-order valence-electron chi connectivity index (χ0n) is 14.5. The third-order valence-corrected chi connectivity index (χ3v) is 4.67. The number of amides is 4. The number of benzene rings is 1. The van der Waals surface area contributed by atoms with Crippen LogP contribution in [0.4, 0.5) is 4.79 Å². The maximum absolute atomic E-state index is 12.3. The lowest BCUT2D eigenvalue weighted by Gasteiger charge is -2.33. The molecule has 0 radical (unpaired) electrons. The number of carbonyl (C=O) groups excluding carboxylic acids is 3. The maximum atomic E-state index is 12.3. The van der Waals surface area contributed by atoms with Crippen molar-refractivity contribution in [2.45, 2.75) is 45.3 Å². The fourth-order valence-electron chi connectivity index (χ4n) is 3.14. The molecule has 2 aliphatic heterocycles. The molecule has 134 valence electrons. The zero-order chi connectivity index (χ0) is 18.0. The molecule has 2 N–H and O–H groups in total. The van der Waals surface area contributed by atoms with Crippen LogP contribution in [0.25, 0.3) is 0 Å². The Labute approximate surface area is 146 Å². The molecule has 0 aliphatic carbocycles. The molecule has 2 aliphatic rings. The summed E-state index contributed by atoms with van der Waals surface area (Å²) in [4.78, 5) is 36.7. The number of hydrogen-bond donors (Lipinski definition) is 2. The Kier molecular flexibility index (Phi) is 4.92. The largest absolute Gasteiger partial charge is 0.490 e. The Hall–Kier alpha value is -2.57. The van der Waals surface area contributed by atoms with E-state index in [1.807, 2.05) is 26.0 Å². The summed E-state index contributed by atoms with van der Waals surface area (Å²) in [5.74, 6) is 0.342. The van der Waals surface area contributed by atoms with E-state index in [-0.39, 0.29) is 18.4 Å². The molecular formula is C18H23N3O4. The minimum atomic E-state index is -0.760. The van der Waals surface area contributed by atoms with Crippen molar-refractivity contribution in [2.24, 2.45) is 0 Å². The number of nitrogens with one attached hydrogen (secondary N) is 2. The van der Waals surface area contributed by atoms with Crippen LogP contribution in [-0.4, -0.2) is 48.0 Å². The first-order chi connectivity index (χ1) is 11.9. The Morgan fingerprint density at radius 3 is 2.60 bits per heavy atom. The average Bonchev–Trinajstić information content (AvgIpc) is 2.89. The molecule has 25 heavy (non-hydrogen) atoms. The standard InChI is InChI=1S/C18H23N3O4/c1-11-3-4-12(2)15(9-11)25-13-5-7-21(8-6-13)16(22)10-14-17(23)20-18(24)19-14/h3-4,9,13-14H,5-8,10H2,1-2H3,(H2,19,20,23,24)/t14-/m0/s1. The van der Waals surface area contributed by atoms with Gasteiger partial charge in [0.15, 0.2) is 0 Å². The Balaban J connectivity index is 1.50. The molecular weight excluding hydrogens is 322 g/mol. The predicted molar refractivity (Wildman–Crippen MR) is 91.2 cm³/mol. The Morgan fingerprint density at radius 1 is 1.24 bits per heavy atom. The van der Waals surface area contributed by atoms with Crippen molar-refractivity contribution in [1.29, 1.82) is 0 Å². The van der Waals surface area contributed by atoms with Gasteiger partial charge in [-0.3, -0.25) is 14.9 Å². The van der Waals surface area contributed by atoms with Crippen LogP contribution in [0.15, 0.2) is 18.2 Å². The van der Waals surface area contributed by atoms with Crippen molar-refractivity contribution in [3.63, 3.8) is 0 Å². The number of hydrogen-bond acceptors (Lipinski definition) is 4. The zero-order valence-corrected chi connectivity index (χ0v) is 14.5. The van der Waals surface area contributed by atoms with E-state index < -0.39 is 18.0 Å². The Morgan fingerprint density at radius 2 is 1.96 bits per heavy atom. The van der Waals surface area contributed by atoms with Crippen LogP contribution in [0, 0.1) is 13.8 Å². The number of rotatable bonds is 4. The molecule has 0 saturated carbocycles. The van der Waals surface area contributed by atoms with E-state index in [0.29, 0.717) is 13.1 Å². The summed E-state index contributed by atoms with van der Waals surface area (Å²) in [6.07, 6.45) is 1.59. The molecule has 0 bridgehead atoms. The lowest BCUT2D eigenvalue weighted by Crippen LogP contribution is -2.44. The molecule has 7 heteroatoms. The van der Waals surface area contributed by atoms with E-state index in [9.17, 15) is 14.4 Å². The second-order valence-corrected chi connectivity index (χ2v) is 6.69. The second-order valence-electron chi connectivity index (χ2n) is 6.69. The van der Waals surface area contributed by atoms with Gasteiger partial charge in [-0.1, -0.05) is 12.1 Å². The highest BCUT2D eigenvalue weighted by molar-refractivity contribution is 6.05. The van der Waals surface area contributed by atoms with Crippen molar-refractivity contribution in [3.8, 4) is 5.75 Å². The number of imide groups is 1. The summed E-state index contributed by atoms with van der Waals surface area (Å²) < 4.78 is 6.10. The highest BCUT2D eigenvalue weighted by atomic mass is 16.5. The third-order valence-electron chi connectivity index (χ3n) is 4.67. The molecule has 1 aromatic rings. The summed E-state index contributed by atoms with van der Waals surface area (Å²) >= 11 is 0. The molecule has 3 rings (SSSR count). The molecule has 4 amide bonds. The van der Waals surface area contributed by atoms with Gasteiger partial charge in [0.1, 0.15) is 17.9 Å². The van der Waals surface area contributed by atoms with Crippen LogP contribution < -0.4 is 15.4 Å². The summed E-state index contributed by atoms with van der Waals surface area (Å²) in [6.45, 7) is 5.24. The number of aryl methyl sites for hydroxylation is 2. The van der Waals surface area contributed by atoms with E-state index in [1.54, 1.807) is 4.90 Å². The number of likely N-dealkylation sites (tertiary alicyclic amines) is 1. The number of ether oxygens (including phenoxy) is 1. The summed E-state index contributed by atoms with van der Waals surface area (Å²) in [6, 6.07) is 4.84. The van der Waals surface area contributed by atoms with Crippen LogP contribution in [0.3, 0.4) is 0 Å². The lowest BCUT2D eigenvalue weighted by molar-refractivity contribution is -0.135. The van der Waals surface area contributed by atoms with Crippen molar-refractivity contribution >= 4 is 17.8 Å². The van der Waals surface area contributed by atoms with Gasteiger partial charge in [-0.25, -0.2) is 4.79 Å². The first-order valence-corrected chi connectivity index (χ1v) is 8.55. The van der Waals surface area contributed by atoms with E-state index in [4.69, 9.17) is 4.74 Å². The van der Waals surface area contributed by atoms with Gasteiger partial charge in [0.2, 0.25) is 5.91 Å². The molecule has 2 heterocycles. The highest BCUT2D eigenvalue weighted by Crippen LogP contribution is 2.24. The van der Waals surface area contributed by atoms with Gasteiger partial charge in [-0.2, -0.15) is 0 Å². The highest BCUT2D eigenvalue weighted by Gasteiger charge is 2.33. The second kappa shape index (κ2) is 7.13. The summed E-state index contributed by atoms with van der Waals surface area (Å²) in [7, 11) is 0. The van der Waals surface area contributed by atoms with E-state index in [0.717, 1.165) is 29.7 Å². The summed E-state index contributed by atoms with van der Waals surface area (Å²) in [5.41, 5.74) is 2.26.